The molecule has 0 spiro atoms. The summed E-state index contributed by atoms with van der Waals surface area (Å²) in [6.45, 7) is -6.01. The van der Waals surface area contributed by atoms with Crippen molar-refractivity contribution < 1.29 is 154 Å². The molecule has 392 valence electrons. The summed E-state index contributed by atoms with van der Waals surface area (Å²) in [6, 6.07) is 0. The first-order valence-electron chi connectivity index (χ1n) is 20.9. The molecule has 5 saturated heterocycles. The monoisotopic (exact) mass is 990 g/mol. The Morgan fingerprint density at radius 3 is 0.970 bits per heavy atom. The molecule has 20 N–H and O–H groups in total. The minimum atomic E-state index is -2.20. The van der Waals surface area contributed by atoms with Crippen molar-refractivity contribution in [3.8, 4) is 0 Å². The van der Waals surface area contributed by atoms with Crippen molar-refractivity contribution in [1.82, 2.24) is 0 Å². The van der Waals surface area contributed by atoms with Gasteiger partial charge in [-0.3, -0.25) is 0 Å². The number of carbonyl (C=O) groups is 1. The summed E-state index contributed by atoms with van der Waals surface area (Å²) in [5.41, 5.74) is 0. The predicted molar refractivity (Wildman–Crippen MR) is 200 cm³/mol. The maximum absolute atomic E-state index is 11.2. The van der Waals surface area contributed by atoms with E-state index in [9.17, 15) is 107 Å². The van der Waals surface area contributed by atoms with Gasteiger partial charge in [-0.1, -0.05) is 0 Å². The van der Waals surface area contributed by atoms with Crippen LogP contribution in [0.4, 0.5) is 0 Å². The highest BCUT2D eigenvalue weighted by molar-refractivity contribution is 5.56. The van der Waals surface area contributed by atoms with Gasteiger partial charge in [0.2, 0.25) is 0 Å². The van der Waals surface area contributed by atoms with Gasteiger partial charge < -0.3 is 154 Å². The molecule has 0 unspecified atom stereocenters. The molecular formula is C36H62O31. The van der Waals surface area contributed by atoms with Crippen LogP contribution in [0.25, 0.3) is 0 Å². The van der Waals surface area contributed by atoms with Gasteiger partial charge in [0.05, 0.1) is 39.6 Å². The molecule has 0 aromatic rings. The lowest BCUT2D eigenvalue weighted by Crippen LogP contribution is -2.68. The molecule has 0 bridgehead atoms. The zero-order valence-corrected chi connectivity index (χ0v) is 35.0. The van der Waals surface area contributed by atoms with E-state index < -0.39 is 218 Å². The molecule has 31 nitrogen and oxygen atoms in total. The summed E-state index contributed by atoms with van der Waals surface area (Å²) in [6.07, 6.45) is -56.8. The van der Waals surface area contributed by atoms with Crippen LogP contribution < -0.4 is 0 Å². The highest BCUT2D eigenvalue weighted by Gasteiger charge is 2.57. The first-order chi connectivity index (χ1) is 31.7. The largest absolute Gasteiger partial charge is 0.394 e. The Balaban J connectivity index is 1.22. The number of aldehydes is 1. The van der Waals surface area contributed by atoms with E-state index in [1.54, 1.807) is 0 Å². The first kappa shape index (κ1) is 56.4. The van der Waals surface area contributed by atoms with Gasteiger partial charge in [-0.2, -0.15) is 0 Å². The number of hydrogen-bond donors (Lipinski definition) is 20. The van der Waals surface area contributed by atoms with Gasteiger partial charge >= 0.3 is 0 Å². The van der Waals surface area contributed by atoms with Crippen molar-refractivity contribution in [1.29, 1.82) is 0 Å². The van der Waals surface area contributed by atoms with Crippen molar-refractivity contribution in [3.63, 3.8) is 0 Å². The number of rotatable bonds is 20. The fourth-order valence-electron chi connectivity index (χ4n) is 8.06. The maximum Gasteiger partial charge on any atom is 0.187 e. The van der Waals surface area contributed by atoms with Crippen LogP contribution in [0.5, 0.6) is 0 Å². The second-order valence-corrected chi connectivity index (χ2v) is 16.4. The summed E-state index contributed by atoms with van der Waals surface area (Å²) in [5, 5.41) is 208. The Morgan fingerprint density at radius 2 is 0.672 bits per heavy atom. The molecule has 29 atom stereocenters. The van der Waals surface area contributed by atoms with E-state index in [1.807, 2.05) is 0 Å². The molecule has 0 aliphatic carbocycles. The van der Waals surface area contributed by atoms with E-state index >= 15 is 0 Å². The normalized spacial score (nSPS) is 48.3. The second-order valence-electron chi connectivity index (χ2n) is 16.4. The fraction of sp³-hybridized carbons (Fsp3) is 0.972. The summed E-state index contributed by atoms with van der Waals surface area (Å²) in [7, 11) is 0. The lowest BCUT2D eigenvalue weighted by molar-refractivity contribution is -0.394. The smallest absolute Gasteiger partial charge is 0.187 e. The number of ether oxygens (including phenoxy) is 10. The molecule has 5 fully saturated rings. The van der Waals surface area contributed by atoms with Crippen molar-refractivity contribution in [2.24, 2.45) is 0 Å². The predicted octanol–water partition coefficient (Wildman–Crippen LogP) is -14.3. The molecule has 67 heavy (non-hydrogen) atoms. The molecular weight excluding hydrogens is 928 g/mol. The quantitative estimate of drug-likeness (QED) is 0.0504. The Hall–Kier alpha value is -1.53. The van der Waals surface area contributed by atoms with Gasteiger partial charge in [0.15, 0.2) is 37.7 Å². The lowest BCUT2D eigenvalue weighted by atomic mass is 9.95. The zero-order chi connectivity index (χ0) is 49.8. The van der Waals surface area contributed by atoms with Crippen molar-refractivity contribution >= 4 is 6.29 Å². The summed E-state index contributed by atoms with van der Waals surface area (Å²) < 4.78 is 55.0. The first-order valence-corrected chi connectivity index (χ1v) is 20.9. The Labute approximate surface area is 378 Å². The zero-order valence-electron chi connectivity index (χ0n) is 35.0. The van der Waals surface area contributed by atoms with Gasteiger partial charge in [-0.05, 0) is 0 Å². The molecule has 0 amide bonds. The minimum absolute atomic E-state index is 0.124. The summed E-state index contributed by atoms with van der Waals surface area (Å²) in [5.74, 6) is 0. The van der Waals surface area contributed by atoms with Crippen molar-refractivity contribution in [2.45, 2.75) is 178 Å². The molecule has 0 aromatic carbocycles. The van der Waals surface area contributed by atoms with E-state index in [0.717, 1.165) is 0 Å². The van der Waals surface area contributed by atoms with Crippen LogP contribution in [0, 0.1) is 0 Å². The van der Waals surface area contributed by atoms with Gasteiger partial charge in [-0.25, -0.2) is 0 Å². The summed E-state index contributed by atoms with van der Waals surface area (Å²) in [4.78, 5) is 11.0. The fourth-order valence-corrected chi connectivity index (χ4v) is 8.06. The van der Waals surface area contributed by atoms with E-state index in [2.05, 4.69) is 0 Å². The second kappa shape index (κ2) is 24.7. The third kappa shape index (κ3) is 12.1. The summed E-state index contributed by atoms with van der Waals surface area (Å²) >= 11 is 0. The topological polar surface area (TPSA) is 514 Å². The van der Waals surface area contributed by atoms with Crippen LogP contribution in [0.3, 0.4) is 0 Å². The van der Waals surface area contributed by atoms with Crippen LogP contribution in [0.15, 0.2) is 0 Å². The van der Waals surface area contributed by atoms with Crippen molar-refractivity contribution in [2.75, 3.05) is 39.6 Å². The Kier molecular flexibility index (Phi) is 20.8. The number of carbonyl (C=O) groups excluding carboxylic acids is 1. The SMILES string of the molecule is O=C[C@H](O)[C@@H](O)[C@@H](O[C@@H]1O[C@H](CO)[C@@H](O[C@@H]2O[C@H](CO)[C@@H](O[C@@H]3O[C@H](CO)[C@@H](O[C@@H]4O[C@H](CO)[C@@H](O[C@@H]5O[C@H](CO)[C@@H](O)[C@H](O)[C@H]5O)[C@H](O)[C@H]4O)[C@H](O)[C@H]3O)[C@H](O)[C@H]2O)[C@H](O)[C@H]1O)[C@H](O)CO. The van der Waals surface area contributed by atoms with Crippen LogP contribution in [-0.4, -0.2) is 326 Å². The molecule has 0 aromatic heterocycles. The van der Waals surface area contributed by atoms with Crippen LogP contribution >= 0.6 is 0 Å². The van der Waals surface area contributed by atoms with Crippen LogP contribution in [0.1, 0.15) is 0 Å². The molecule has 5 aliphatic rings. The van der Waals surface area contributed by atoms with Crippen molar-refractivity contribution in [3.05, 3.63) is 0 Å². The number of hydrogen-bond acceptors (Lipinski definition) is 31. The van der Waals surface area contributed by atoms with E-state index in [-0.39, 0.29) is 6.29 Å². The lowest BCUT2D eigenvalue weighted by Gasteiger charge is -2.49. The minimum Gasteiger partial charge on any atom is -0.394 e. The average Bonchev–Trinajstić information content (AvgIpc) is 3.33. The van der Waals surface area contributed by atoms with Gasteiger partial charge in [-0.15, -0.1) is 0 Å². The molecule has 5 heterocycles. The Morgan fingerprint density at radius 1 is 0.388 bits per heavy atom. The highest BCUT2D eigenvalue weighted by atomic mass is 16.8. The van der Waals surface area contributed by atoms with Crippen LogP contribution in [-0.2, 0) is 52.2 Å². The van der Waals surface area contributed by atoms with Gasteiger partial charge in [0.25, 0.3) is 0 Å². The number of aliphatic hydroxyl groups excluding tert-OH is 20. The molecule has 5 rings (SSSR count). The third-order valence-electron chi connectivity index (χ3n) is 12.0. The Bertz CT molecular complexity index is 1480. The van der Waals surface area contributed by atoms with E-state index in [0.29, 0.717) is 0 Å². The molecule has 0 radical (unpaired) electrons. The molecule has 5 aliphatic heterocycles. The average molecular weight is 991 g/mol. The van der Waals surface area contributed by atoms with Gasteiger partial charge in [0.1, 0.15) is 146 Å². The van der Waals surface area contributed by atoms with E-state index in [4.69, 9.17) is 47.4 Å². The number of aliphatic hydroxyl groups is 20. The molecule has 0 saturated carbocycles. The van der Waals surface area contributed by atoms with Crippen LogP contribution in [0.2, 0.25) is 0 Å². The molecule has 31 heteroatoms. The van der Waals surface area contributed by atoms with E-state index in [1.165, 1.54) is 0 Å². The third-order valence-corrected chi connectivity index (χ3v) is 12.0. The van der Waals surface area contributed by atoms with Gasteiger partial charge in [0, 0.05) is 0 Å². The maximum atomic E-state index is 11.2. The standard InChI is InChI=1S/C36H62O31/c37-1-8(44)15(46)27(9(45)2-38)63-33-23(54)18(49)29(11(4-40)59-33)65-35-25(56)20(51)31(13(6-42)61-35)67-36-26(57)21(52)30(14(7-43)62-36)66-34-24(55)19(50)28(12(5-41)60-34)64-32-22(53)17(48)16(47)10(3-39)58-32/h1,8-36,38-57H,2-7H2/t8-,9+,10+,11+,12+,13+,14+,15+,16+,17-,18+,19+,20+,21+,22+,23+,24+,25+,26+,27-,28+,29+,30+,31+,32-,33-,34-,35-,36-/m0/s1. The highest BCUT2D eigenvalue weighted by Crippen LogP contribution is 2.36.